The second-order valence-electron chi connectivity index (χ2n) is 8.82. The van der Waals surface area contributed by atoms with Crippen LogP contribution < -0.4 is 0 Å². The highest BCUT2D eigenvalue weighted by molar-refractivity contribution is 5.30. The molecule has 4 unspecified atom stereocenters. The van der Waals surface area contributed by atoms with Crippen LogP contribution in [0.15, 0.2) is 15.3 Å². The van der Waals surface area contributed by atoms with E-state index in [4.69, 9.17) is 10.2 Å². The van der Waals surface area contributed by atoms with E-state index in [1.54, 1.807) is 0 Å². The van der Waals surface area contributed by atoms with Gasteiger partial charge in [0.2, 0.25) is 5.54 Å². The lowest BCUT2D eigenvalue weighted by atomic mass is 9.61. The molecule has 5 heteroatoms. The fourth-order valence-corrected chi connectivity index (χ4v) is 6.83. The number of rotatable bonds is 0. The van der Waals surface area contributed by atoms with Crippen LogP contribution in [-0.4, -0.2) is 28.0 Å². The first kappa shape index (κ1) is 12.5. The van der Waals surface area contributed by atoms with Crippen molar-refractivity contribution in [2.45, 2.75) is 70.1 Å². The fraction of sp³-hybridized carbons (Fsp3) is 1.00. The van der Waals surface area contributed by atoms with Gasteiger partial charge in [-0.2, -0.15) is 10.2 Å². The molecule has 3 aliphatic carbocycles. The van der Waals surface area contributed by atoms with Crippen molar-refractivity contribution < 1.29 is 4.86 Å². The highest BCUT2D eigenvalue weighted by Gasteiger charge is 2.84. The van der Waals surface area contributed by atoms with Crippen molar-refractivity contribution >= 4 is 0 Å². The van der Waals surface area contributed by atoms with Gasteiger partial charge in [-0.3, -0.25) is 0 Å². The first-order valence-electron chi connectivity index (χ1n) is 8.44. The Morgan fingerprint density at radius 1 is 1.00 bits per heavy atom. The summed E-state index contributed by atoms with van der Waals surface area (Å²) in [5, 5.41) is 27.0. The van der Waals surface area contributed by atoms with Crippen LogP contribution in [-0.2, 0) is 0 Å². The lowest BCUT2D eigenvalue weighted by Gasteiger charge is -2.41. The molecule has 0 spiro atoms. The molecule has 0 bridgehead atoms. The third-order valence-corrected chi connectivity index (χ3v) is 8.49. The van der Waals surface area contributed by atoms with E-state index >= 15 is 0 Å². The molecule has 0 radical (unpaired) electrons. The van der Waals surface area contributed by atoms with Crippen LogP contribution in [0.4, 0.5) is 0 Å². The van der Waals surface area contributed by atoms with Crippen molar-refractivity contribution in [3.8, 4) is 0 Å². The zero-order chi connectivity index (χ0) is 14.8. The summed E-state index contributed by atoms with van der Waals surface area (Å²) in [5.74, 6) is 1.90. The molecule has 0 N–H and O–H groups in total. The zero-order valence-corrected chi connectivity index (χ0v) is 13.3. The molecule has 0 aromatic carbocycles. The van der Waals surface area contributed by atoms with E-state index in [0.29, 0.717) is 29.7 Å². The van der Waals surface area contributed by atoms with Gasteiger partial charge in [0.15, 0.2) is 0 Å². The standard InChI is InChI=1S/C16H24N4O/c1-14(2)15(3)10-11-13(18-20(21)16(11,14)4)9-7-5-6-8(9)12(10)17-19-15/h8-13H,5-7H2,1-4H3/t8?,9-,10-,11?,12?,13-,15?,16-/m0/s1. The van der Waals surface area contributed by atoms with Gasteiger partial charge < -0.3 is 5.21 Å². The maximum atomic E-state index is 12.8. The summed E-state index contributed by atoms with van der Waals surface area (Å²) in [4.78, 5) is 1.08. The van der Waals surface area contributed by atoms with Crippen molar-refractivity contribution in [2.24, 2.45) is 44.4 Å². The summed E-state index contributed by atoms with van der Waals surface area (Å²) in [7, 11) is 0. The number of hydrogen-bond acceptors (Lipinski definition) is 4. The maximum Gasteiger partial charge on any atom is 0.209 e. The summed E-state index contributed by atoms with van der Waals surface area (Å²) >= 11 is 0. The molecular weight excluding hydrogens is 264 g/mol. The normalized spacial score (nSPS) is 61.8. The van der Waals surface area contributed by atoms with Gasteiger partial charge in [0, 0.05) is 12.8 Å². The monoisotopic (exact) mass is 288 g/mol. The number of hydrogen-bond donors (Lipinski definition) is 0. The van der Waals surface area contributed by atoms with Gasteiger partial charge in [0.25, 0.3) is 0 Å². The van der Waals surface area contributed by atoms with Crippen LogP contribution in [0.1, 0.15) is 47.0 Å². The van der Waals surface area contributed by atoms with E-state index in [2.05, 4.69) is 32.8 Å². The molecule has 2 aliphatic heterocycles. The van der Waals surface area contributed by atoms with E-state index in [1.807, 2.05) is 0 Å². The summed E-state index contributed by atoms with van der Waals surface area (Å²) in [6, 6.07) is 0.553. The van der Waals surface area contributed by atoms with Crippen molar-refractivity contribution in [2.75, 3.05) is 0 Å². The first-order valence-corrected chi connectivity index (χ1v) is 8.44. The molecule has 3 saturated carbocycles. The predicted octanol–water partition coefficient (Wildman–Crippen LogP) is 3.39. The maximum absolute atomic E-state index is 12.8. The Morgan fingerprint density at radius 3 is 2.38 bits per heavy atom. The largest absolute Gasteiger partial charge is 0.599 e. The molecular formula is C16H24N4O. The van der Waals surface area contributed by atoms with Crippen molar-refractivity contribution in [1.82, 2.24) is 0 Å². The summed E-state index contributed by atoms with van der Waals surface area (Å²) in [6.45, 7) is 8.81. The molecule has 2 heterocycles. The SMILES string of the molecule is CC12N=NC3C4CCC[C@@H]4[C@@H]4N=[N+]([O-])[C@@](C)(C4[C@@H]31)C2(C)C. The van der Waals surface area contributed by atoms with Gasteiger partial charge >= 0.3 is 0 Å². The van der Waals surface area contributed by atoms with Crippen LogP contribution in [0.5, 0.6) is 0 Å². The fourth-order valence-electron chi connectivity index (χ4n) is 6.83. The summed E-state index contributed by atoms with van der Waals surface area (Å²) < 4.78 is 0. The van der Waals surface area contributed by atoms with Crippen LogP contribution in [0.25, 0.3) is 0 Å². The van der Waals surface area contributed by atoms with E-state index in [9.17, 15) is 5.21 Å². The molecule has 5 rings (SSSR count). The van der Waals surface area contributed by atoms with Crippen LogP contribution >= 0.6 is 0 Å². The average molecular weight is 288 g/mol. The molecule has 0 saturated heterocycles. The van der Waals surface area contributed by atoms with Gasteiger partial charge in [-0.25, -0.2) is 0 Å². The lowest BCUT2D eigenvalue weighted by Crippen LogP contribution is -2.53. The Labute approximate surface area is 125 Å². The third-order valence-electron chi connectivity index (χ3n) is 8.49. The van der Waals surface area contributed by atoms with Crippen molar-refractivity contribution in [3.05, 3.63) is 5.21 Å². The topological polar surface area (TPSA) is 63.1 Å². The van der Waals surface area contributed by atoms with Crippen molar-refractivity contribution in [3.63, 3.8) is 0 Å². The minimum atomic E-state index is -0.428. The molecule has 8 atom stereocenters. The van der Waals surface area contributed by atoms with Crippen LogP contribution in [0, 0.1) is 34.3 Å². The minimum Gasteiger partial charge on any atom is -0.599 e. The second-order valence-corrected chi connectivity index (χ2v) is 8.82. The third kappa shape index (κ3) is 0.976. The van der Waals surface area contributed by atoms with Gasteiger partial charge in [0.05, 0.1) is 22.9 Å². The quantitative estimate of drug-likeness (QED) is 0.498. The Morgan fingerprint density at radius 2 is 1.67 bits per heavy atom. The van der Waals surface area contributed by atoms with Gasteiger partial charge in [0.1, 0.15) is 6.04 Å². The molecule has 0 aromatic rings. The molecule has 3 fully saturated rings. The minimum absolute atomic E-state index is 0.202. The van der Waals surface area contributed by atoms with E-state index < -0.39 is 5.54 Å². The Bertz CT molecular complexity index is 599. The van der Waals surface area contributed by atoms with Gasteiger partial charge in [-0.05, 0) is 36.7 Å². The zero-order valence-electron chi connectivity index (χ0n) is 13.3. The molecule has 114 valence electrons. The van der Waals surface area contributed by atoms with E-state index in [-0.39, 0.29) is 17.0 Å². The smallest absolute Gasteiger partial charge is 0.209 e. The molecule has 5 aliphatic rings. The summed E-state index contributed by atoms with van der Waals surface area (Å²) in [5.41, 5.74) is -0.837. The number of fused-ring (bicyclic) bond motifs is 3. The van der Waals surface area contributed by atoms with E-state index in [1.165, 1.54) is 19.3 Å². The lowest BCUT2D eigenvalue weighted by molar-refractivity contribution is -0.613. The van der Waals surface area contributed by atoms with Gasteiger partial charge in [-0.15, -0.1) is 0 Å². The van der Waals surface area contributed by atoms with Crippen LogP contribution in [0.2, 0.25) is 0 Å². The number of azo groups is 2. The van der Waals surface area contributed by atoms with E-state index in [0.717, 1.165) is 4.86 Å². The number of nitrogens with zero attached hydrogens (tertiary/aromatic N) is 4. The molecule has 5 nitrogen and oxygen atoms in total. The average Bonchev–Trinajstić information content (AvgIpc) is 3.10. The number of hydroxylamine groups is 1. The first-order chi connectivity index (χ1) is 9.84. The Balaban J connectivity index is 1.78. The highest BCUT2D eigenvalue weighted by Crippen LogP contribution is 2.72. The second kappa shape index (κ2) is 3.18. The highest BCUT2D eigenvalue weighted by atomic mass is 16.5. The molecule has 0 amide bonds. The summed E-state index contributed by atoms with van der Waals surface area (Å²) in [6.07, 6.45) is 3.73. The molecule has 21 heavy (non-hydrogen) atoms. The Kier molecular flexibility index (Phi) is 1.90. The molecule has 0 aromatic heterocycles. The predicted molar refractivity (Wildman–Crippen MR) is 76.9 cm³/mol. The van der Waals surface area contributed by atoms with Crippen LogP contribution in [0.3, 0.4) is 0 Å². The Hall–Kier alpha value is -1.00. The van der Waals surface area contributed by atoms with Gasteiger partial charge in [-0.1, -0.05) is 25.1 Å². The van der Waals surface area contributed by atoms with Crippen molar-refractivity contribution in [1.29, 1.82) is 0 Å².